The Bertz CT molecular complexity index is 487. The fraction of sp³-hybridized carbons (Fsp3) is 0.588. The molecule has 116 valence electrons. The topological polar surface area (TPSA) is 50.4 Å². The van der Waals surface area contributed by atoms with Crippen molar-refractivity contribution < 1.29 is 9.53 Å². The Labute approximate surface area is 127 Å². The zero-order valence-corrected chi connectivity index (χ0v) is 13.5. The third kappa shape index (κ3) is 4.46. The standard InChI is InChI=1S/C17H26N2O2/c1-5-18-17(20)13(4)21-16-11(2)8-14(9-12(16)3)10-19-15-6-7-15/h8-9,13,15,19H,5-7,10H2,1-4H3,(H,18,20). The summed E-state index contributed by atoms with van der Waals surface area (Å²) in [7, 11) is 0. The first-order chi connectivity index (χ1) is 10.0. The number of carbonyl (C=O) groups excluding carboxylic acids is 1. The lowest BCUT2D eigenvalue weighted by Gasteiger charge is -2.19. The summed E-state index contributed by atoms with van der Waals surface area (Å²) in [4.78, 5) is 11.8. The Kier molecular flexibility index (Phi) is 5.23. The summed E-state index contributed by atoms with van der Waals surface area (Å²) in [5.74, 6) is 0.750. The largest absolute Gasteiger partial charge is 0.480 e. The van der Waals surface area contributed by atoms with Crippen LogP contribution in [-0.4, -0.2) is 24.6 Å². The number of carbonyl (C=O) groups is 1. The number of hydrogen-bond donors (Lipinski definition) is 2. The molecule has 0 heterocycles. The molecule has 1 aliphatic carbocycles. The first-order valence-corrected chi connectivity index (χ1v) is 7.79. The van der Waals surface area contributed by atoms with Gasteiger partial charge in [-0.1, -0.05) is 12.1 Å². The molecule has 1 saturated carbocycles. The van der Waals surface area contributed by atoms with Gasteiger partial charge in [0.25, 0.3) is 5.91 Å². The van der Waals surface area contributed by atoms with E-state index in [9.17, 15) is 4.79 Å². The van der Waals surface area contributed by atoms with Crippen LogP contribution in [0.4, 0.5) is 0 Å². The highest BCUT2D eigenvalue weighted by molar-refractivity contribution is 5.80. The van der Waals surface area contributed by atoms with E-state index < -0.39 is 6.10 Å². The summed E-state index contributed by atoms with van der Waals surface area (Å²) in [5.41, 5.74) is 3.44. The van der Waals surface area contributed by atoms with Gasteiger partial charge in [-0.25, -0.2) is 0 Å². The van der Waals surface area contributed by atoms with Gasteiger partial charge in [0.1, 0.15) is 5.75 Å². The second-order valence-corrected chi connectivity index (χ2v) is 5.87. The van der Waals surface area contributed by atoms with Gasteiger partial charge in [0, 0.05) is 19.1 Å². The minimum absolute atomic E-state index is 0.0734. The predicted octanol–water partition coefficient (Wildman–Crippen LogP) is 2.46. The molecular formula is C17H26N2O2. The number of rotatable bonds is 7. The number of nitrogens with one attached hydrogen (secondary N) is 2. The van der Waals surface area contributed by atoms with E-state index in [0.29, 0.717) is 12.6 Å². The van der Waals surface area contributed by atoms with Crippen LogP contribution >= 0.6 is 0 Å². The number of amides is 1. The first kappa shape index (κ1) is 15.8. The lowest BCUT2D eigenvalue weighted by atomic mass is 10.1. The Morgan fingerprint density at radius 2 is 1.95 bits per heavy atom. The third-order valence-corrected chi connectivity index (χ3v) is 3.71. The molecule has 1 aliphatic rings. The second kappa shape index (κ2) is 6.94. The van der Waals surface area contributed by atoms with E-state index in [1.54, 1.807) is 6.92 Å². The van der Waals surface area contributed by atoms with Gasteiger partial charge in [-0.3, -0.25) is 4.79 Å². The number of ether oxygens (including phenoxy) is 1. The molecular weight excluding hydrogens is 264 g/mol. The van der Waals surface area contributed by atoms with E-state index in [2.05, 4.69) is 22.8 Å². The van der Waals surface area contributed by atoms with Gasteiger partial charge in [-0.2, -0.15) is 0 Å². The summed E-state index contributed by atoms with van der Waals surface area (Å²) in [6.07, 6.45) is 2.12. The summed E-state index contributed by atoms with van der Waals surface area (Å²) in [5, 5.41) is 6.30. The van der Waals surface area contributed by atoms with Gasteiger partial charge in [-0.15, -0.1) is 0 Å². The molecule has 1 amide bonds. The Balaban J connectivity index is 2.03. The molecule has 0 spiro atoms. The van der Waals surface area contributed by atoms with Gasteiger partial charge in [0.15, 0.2) is 6.10 Å². The monoisotopic (exact) mass is 290 g/mol. The van der Waals surface area contributed by atoms with Crippen LogP contribution in [0.15, 0.2) is 12.1 Å². The van der Waals surface area contributed by atoms with Crippen LogP contribution < -0.4 is 15.4 Å². The van der Waals surface area contributed by atoms with Gasteiger partial charge in [0.05, 0.1) is 0 Å². The van der Waals surface area contributed by atoms with Crippen molar-refractivity contribution in [2.24, 2.45) is 0 Å². The number of likely N-dealkylation sites (N-methyl/N-ethyl adjacent to an activating group) is 1. The Hall–Kier alpha value is -1.55. The lowest BCUT2D eigenvalue weighted by Crippen LogP contribution is -2.36. The van der Waals surface area contributed by atoms with Gasteiger partial charge in [-0.05, 0) is 57.2 Å². The SMILES string of the molecule is CCNC(=O)C(C)Oc1c(C)cc(CNC2CC2)cc1C. The predicted molar refractivity (Wildman–Crippen MR) is 84.6 cm³/mol. The maximum atomic E-state index is 11.8. The molecule has 4 heteroatoms. The molecule has 0 saturated heterocycles. The van der Waals surface area contributed by atoms with Gasteiger partial charge >= 0.3 is 0 Å². The third-order valence-electron chi connectivity index (χ3n) is 3.71. The highest BCUT2D eigenvalue weighted by Crippen LogP contribution is 2.27. The molecule has 21 heavy (non-hydrogen) atoms. The van der Waals surface area contributed by atoms with Crippen molar-refractivity contribution in [2.75, 3.05) is 6.54 Å². The van der Waals surface area contributed by atoms with Crippen molar-refractivity contribution in [1.82, 2.24) is 10.6 Å². The fourth-order valence-electron chi connectivity index (χ4n) is 2.43. The van der Waals surface area contributed by atoms with Crippen LogP contribution in [0.25, 0.3) is 0 Å². The zero-order chi connectivity index (χ0) is 15.4. The van der Waals surface area contributed by atoms with Crippen LogP contribution in [0.5, 0.6) is 5.75 Å². The molecule has 0 aliphatic heterocycles. The summed E-state index contributed by atoms with van der Waals surface area (Å²) in [6.45, 7) is 9.28. The van der Waals surface area contributed by atoms with E-state index in [-0.39, 0.29) is 5.91 Å². The molecule has 2 N–H and O–H groups in total. The van der Waals surface area contributed by atoms with Crippen molar-refractivity contribution in [1.29, 1.82) is 0 Å². The number of hydrogen-bond acceptors (Lipinski definition) is 3. The summed E-state index contributed by atoms with van der Waals surface area (Å²) < 4.78 is 5.85. The molecule has 2 rings (SSSR count). The average Bonchev–Trinajstić information content (AvgIpc) is 3.24. The molecule has 1 aromatic rings. The van der Waals surface area contributed by atoms with Crippen LogP contribution in [0, 0.1) is 13.8 Å². The lowest BCUT2D eigenvalue weighted by molar-refractivity contribution is -0.127. The van der Waals surface area contributed by atoms with Crippen LogP contribution in [0.1, 0.15) is 43.4 Å². The molecule has 1 fully saturated rings. The zero-order valence-electron chi connectivity index (χ0n) is 13.5. The van der Waals surface area contributed by atoms with E-state index in [1.807, 2.05) is 20.8 Å². The fourth-order valence-corrected chi connectivity index (χ4v) is 2.43. The van der Waals surface area contributed by atoms with E-state index in [0.717, 1.165) is 23.4 Å². The second-order valence-electron chi connectivity index (χ2n) is 5.87. The summed E-state index contributed by atoms with van der Waals surface area (Å²) in [6, 6.07) is 4.99. The van der Waals surface area contributed by atoms with Crippen molar-refractivity contribution in [3.63, 3.8) is 0 Å². The van der Waals surface area contributed by atoms with Crippen molar-refractivity contribution in [2.45, 2.75) is 59.2 Å². The highest BCUT2D eigenvalue weighted by atomic mass is 16.5. The van der Waals surface area contributed by atoms with Crippen LogP contribution in [-0.2, 0) is 11.3 Å². The van der Waals surface area contributed by atoms with E-state index >= 15 is 0 Å². The molecule has 0 bridgehead atoms. The van der Waals surface area contributed by atoms with Crippen molar-refractivity contribution in [3.05, 3.63) is 28.8 Å². The quantitative estimate of drug-likeness (QED) is 0.811. The Morgan fingerprint density at radius 3 is 2.48 bits per heavy atom. The maximum Gasteiger partial charge on any atom is 0.260 e. The first-order valence-electron chi connectivity index (χ1n) is 7.79. The minimum Gasteiger partial charge on any atom is -0.480 e. The van der Waals surface area contributed by atoms with Crippen molar-refractivity contribution in [3.8, 4) is 5.75 Å². The highest BCUT2D eigenvalue weighted by Gasteiger charge is 2.20. The van der Waals surface area contributed by atoms with Crippen LogP contribution in [0.3, 0.4) is 0 Å². The minimum atomic E-state index is -0.474. The molecule has 1 aromatic carbocycles. The summed E-state index contributed by atoms with van der Waals surface area (Å²) >= 11 is 0. The number of benzene rings is 1. The number of aryl methyl sites for hydroxylation is 2. The van der Waals surface area contributed by atoms with Gasteiger partial charge < -0.3 is 15.4 Å². The van der Waals surface area contributed by atoms with E-state index in [4.69, 9.17) is 4.74 Å². The normalized spacial score (nSPS) is 15.6. The van der Waals surface area contributed by atoms with Crippen LogP contribution in [0.2, 0.25) is 0 Å². The van der Waals surface area contributed by atoms with Gasteiger partial charge in [0.2, 0.25) is 0 Å². The van der Waals surface area contributed by atoms with E-state index in [1.165, 1.54) is 18.4 Å². The average molecular weight is 290 g/mol. The van der Waals surface area contributed by atoms with Crippen molar-refractivity contribution >= 4 is 5.91 Å². The molecule has 0 radical (unpaired) electrons. The molecule has 4 nitrogen and oxygen atoms in total. The molecule has 1 atom stereocenters. The molecule has 1 unspecified atom stereocenters. The Morgan fingerprint density at radius 1 is 1.33 bits per heavy atom. The maximum absolute atomic E-state index is 11.8. The molecule has 0 aromatic heterocycles. The smallest absolute Gasteiger partial charge is 0.260 e.